The Morgan fingerprint density at radius 1 is 1.00 bits per heavy atom. The maximum absolute atomic E-state index is 9.24. The topological polar surface area (TPSA) is 81.5 Å². The number of nitrogens with zero attached hydrogens (tertiary/aromatic N) is 6. The van der Waals surface area contributed by atoms with Gasteiger partial charge >= 0.3 is 0 Å². The summed E-state index contributed by atoms with van der Waals surface area (Å²) >= 11 is 0. The number of fused-ring (bicyclic) bond motifs is 1. The fraction of sp³-hybridized carbons (Fsp3) is 0.417. The van der Waals surface area contributed by atoms with E-state index in [0.717, 1.165) is 54.2 Å². The zero-order chi connectivity index (χ0) is 22.3. The molecule has 1 aliphatic rings. The summed E-state index contributed by atoms with van der Waals surface area (Å²) in [6, 6.07) is 8.73. The van der Waals surface area contributed by atoms with E-state index in [1.165, 1.54) is 22.3 Å². The lowest BCUT2D eigenvalue weighted by Crippen LogP contribution is -2.36. The van der Waals surface area contributed by atoms with E-state index < -0.39 is 5.92 Å². The number of benzene rings is 1. The first kappa shape index (κ1) is 20.9. The van der Waals surface area contributed by atoms with Crippen molar-refractivity contribution >= 4 is 30.2 Å². The Kier molecular flexibility index (Phi) is 5.46. The summed E-state index contributed by atoms with van der Waals surface area (Å²) in [4.78, 5) is 12.0. The quantitative estimate of drug-likeness (QED) is 0.621. The highest BCUT2D eigenvalue weighted by Gasteiger charge is 2.29. The molecule has 0 aliphatic carbocycles. The second kappa shape index (κ2) is 8.08. The molecule has 0 N–H and O–H groups in total. The molecule has 4 rings (SSSR count). The minimum Gasteiger partial charge on any atom is -0.356 e. The maximum Gasteiger partial charge on any atom is 0.150 e. The number of aromatic nitrogens is 3. The lowest BCUT2D eigenvalue weighted by Gasteiger charge is -2.33. The van der Waals surface area contributed by atoms with Gasteiger partial charge in [-0.05, 0) is 63.1 Å². The standard InChI is InChI=1S/C24H27BN6/c1-14-9-20(25)10-15(2)22(14)31-13-16(3)21-23(28-17(4)29-24(21)31)30-7-5-18(6-8-30)19(11-26)12-27/h9-10,13,18-19H,5-8,25H2,1-4H3. The Labute approximate surface area is 184 Å². The normalized spacial score (nSPS) is 14.7. The summed E-state index contributed by atoms with van der Waals surface area (Å²) in [5.74, 6) is 1.32. The van der Waals surface area contributed by atoms with Crippen LogP contribution >= 0.6 is 0 Å². The molecule has 1 fully saturated rings. The van der Waals surface area contributed by atoms with E-state index in [9.17, 15) is 10.5 Å². The van der Waals surface area contributed by atoms with Crippen molar-refractivity contribution < 1.29 is 0 Å². The van der Waals surface area contributed by atoms with E-state index in [1.807, 2.05) is 6.92 Å². The number of piperidine rings is 1. The number of aryl methyl sites for hydroxylation is 4. The molecule has 0 unspecified atom stereocenters. The molecule has 0 radical (unpaired) electrons. The zero-order valence-corrected chi connectivity index (χ0v) is 18.9. The molecule has 1 saturated heterocycles. The Hall–Kier alpha value is -3.32. The first-order valence-electron chi connectivity index (χ1n) is 10.8. The molecule has 31 heavy (non-hydrogen) atoms. The molecular weight excluding hydrogens is 383 g/mol. The largest absolute Gasteiger partial charge is 0.356 e. The minimum atomic E-state index is -0.524. The molecule has 1 aliphatic heterocycles. The van der Waals surface area contributed by atoms with E-state index in [4.69, 9.17) is 9.97 Å². The summed E-state index contributed by atoms with van der Waals surface area (Å²) < 4.78 is 2.21. The third-order valence-corrected chi connectivity index (χ3v) is 6.39. The van der Waals surface area contributed by atoms with Gasteiger partial charge in [0.15, 0.2) is 5.65 Å². The van der Waals surface area contributed by atoms with E-state index in [1.54, 1.807) is 0 Å². The number of hydrogen-bond acceptors (Lipinski definition) is 5. The third-order valence-electron chi connectivity index (χ3n) is 6.39. The van der Waals surface area contributed by atoms with Crippen molar-refractivity contribution in [1.29, 1.82) is 10.5 Å². The first-order valence-corrected chi connectivity index (χ1v) is 10.8. The highest BCUT2D eigenvalue weighted by Crippen LogP contribution is 2.35. The number of nitriles is 2. The summed E-state index contributed by atoms with van der Waals surface area (Å²) in [6.45, 7) is 9.95. The highest BCUT2D eigenvalue weighted by molar-refractivity contribution is 6.32. The Bertz CT molecular complexity index is 1200. The lowest BCUT2D eigenvalue weighted by molar-refractivity contribution is 0.366. The van der Waals surface area contributed by atoms with Crippen LogP contribution in [0.3, 0.4) is 0 Å². The Balaban J connectivity index is 1.79. The molecule has 6 nitrogen and oxygen atoms in total. The molecule has 0 amide bonds. The van der Waals surface area contributed by atoms with E-state index in [0.29, 0.717) is 0 Å². The van der Waals surface area contributed by atoms with Gasteiger partial charge in [-0.3, -0.25) is 0 Å². The molecule has 156 valence electrons. The maximum atomic E-state index is 9.24. The Morgan fingerprint density at radius 2 is 1.61 bits per heavy atom. The van der Waals surface area contributed by atoms with Crippen LogP contribution in [0.4, 0.5) is 5.82 Å². The molecular formula is C24H27BN6. The predicted octanol–water partition coefficient (Wildman–Crippen LogP) is 2.79. The molecule has 0 atom stereocenters. The van der Waals surface area contributed by atoms with Gasteiger partial charge in [-0.1, -0.05) is 17.6 Å². The lowest BCUT2D eigenvalue weighted by atomic mass is 9.86. The van der Waals surface area contributed by atoms with Gasteiger partial charge in [0.1, 0.15) is 25.4 Å². The molecule has 2 aromatic heterocycles. The predicted molar refractivity (Wildman–Crippen MR) is 126 cm³/mol. The van der Waals surface area contributed by atoms with E-state index >= 15 is 0 Å². The molecule has 7 heteroatoms. The van der Waals surface area contributed by atoms with Crippen LogP contribution in [-0.4, -0.2) is 35.5 Å². The third kappa shape index (κ3) is 3.66. The summed E-state index contributed by atoms with van der Waals surface area (Å²) in [5, 5.41) is 19.6. The van der Waals surface area contributed by atoms with Crippen LogP contribution in [0.2, 0.25) is 0 Å². The van der Waals surface area contributed by atoms with Gasteiger partial charge in [0.25, 0.3) is 0 Å². The van der Waals surface area contributed by atoms with E-state index in [2.05, 4.69) is 68.6 Å². The average molecular weight is 410 g/mol. The summed E-state index contributed by atoms with van der Waals surface area (Å²) in [7, 11) is 2.13. The van der Waals surface area contributed by atoms with Crippen molar-refractivity contribution in [3.05, 3.63) is 40.8 Å². The smallest absolute Gasteiger partial charge is 0.150 e. The van der Waals surface area contributed by atoms with Crippen LogP contribution in [0.1, 0.15) is 35.4 Å². The van der Waals surface area contributed by atoms with Crippen molar-refractivity contribution in [2.24, 2.45) is 11.8 Å². The van der Waals surface area contributed by atoms with Crippen molar-refractivity contribution in [2.75, 3.05) is 18.0 Å². The molecule has 1 aromatic carbocycles. The Morgan fingerprint density at radius 3 is 2.19 bits per heavy atom. The van der Waals surface area contributed by atoms with Crippen LogP contribution in [0.15, 0.2) is 18.3 Å². The van der Waals surface area contributed by atoms with Crippen LogP contribution in [0.5, 0.6) is 0 Å². The SMILES string of the molecule is Bc1cc(C)c(-n2cc(C)c3c(N4CCC(C(C#N)C#N)CC4)nc(C)nc32)c(C)c1. The monoisotopic (exact) mass is 410 g/mol. The van der Waals surface area contributed by atoms with Gasteiger partial charge in [-0.25, -0.2) is 9.97 Å². The number of anilines is 1. The zero-order valence-electron chi connectivity index (χ0n) is 18.9. The average Bonchev–Trinajstić information content (AvgIpc) is 3.04. The van der Waals surface area contributed by atoms with Gasteiger partial charge in [-0.2, -0.15) is 10.5 Å². The molecule has 3 heterocycles. The van der Waals surface area contributed by atoms with Gasteiger partial charge in [0.2, 0.25) is 0 Å². The van der Waals surface area contributed by atoms with Gasteiger partial charge in [0, 0.05) is 19.3 Å². The van der Waals surface area contributed by atoms with Crippen LogP contribution < -0.4 is 10.4 Å². The van der Waals surface area contributed by atoms with Crippen LogP contribution in [0, 0.1) is 62.2 Å². The fourth-order valence-corrected chi connectivity index (χ4v) is 5.03. The highest BCUT2D eigenvalue weighted by atomic mass is 15.2. The van der Waals surface area contributed by atoms with E-state index in [-0.39, 0.29) is 5.92 Å². The second-order valence-corrected chi connectivity index (χ2v) is 8.78. The molecule has 0 spiro atoms. The van der Waals surface area contributed by atoms with Crippen LogP contribution in [-0.2, 0) is 0 Å². The number of hydrogen-bond donors (Lipinski definition) is 0. The fourth-order valence-electron chi connectivity index (χ4n) is 5.03. The number of rotatable bonds is 3. The van der Waals surface area contributed by atoms with Gasteiger partial charge in [0.05, 0.1) is 23.2 Å². The van der Waals surface area contributed by atoms with Gasteiger partial charge in [-0.15, -0.1) is 0 Å². The molecule has 3 aromatic rings. The summed E-state index contributed by atoms with van der Waals surface area (Å²) in [6.07, 6.45) is 3.82. The van der Waals surface area contributed by atoms with Crippen molar-refractivity contribution in [2.45, 2.75) is 40.5 Å². The second-order valence-electron chi connectivity index (χ2n) is 8.78. The van der Waals surface area contributed by atoms with Crippen LogP contribution in [0.25, 0.3) is 16.7 Å². The minimum absolute atomic E-state index is 0.133. The van der Waals surface area contributed by atoms with Gasteiger partial charge < -0.3 is 9.47 Å². The van der Waals surface area contributed by atoms with Crippen molar-refractivity contribution in [3.63, 3.8) is 0 Å². The molecule has 0 saturated carbocycles. The first-order chi connectivity index (χ1) is 14.8. The summed E-state index contributed by atoms with van der Waals surface area (Å²) in [5.41, 5.74) is 6.98. The van der Waals surface area contributed by atoms with Crippen molar-refractivity contribution in [1.82, 2.24) is 14.5 Å². The molecule has 0 bridgehead atoms. The van der Waals surface area contributed by atoms with Crippen molar-refractivity contribution in [3.8, 4) is 17.8 Å².